The molecule has 1 aliphatic rings. The van der Waals surface area contributed by atoms with Crippen molar-refractivity contribution in [2.75, 3.05) is 10.9 Å². The SMILES string of the molecule is CC(=N/Nc1ccc2c(c1)CCCC2)/C(C=O)=N/Nc1cc(C)cc(-c2cccc(C(=O)O)c2)c1O. The van der Waals surface area contributed by atoms with E-state index in [1.54, 1.807) is 31.2 Å². The third kappa shape index (κ3) is 5.60. The number of nitrogens with one attached hydrogen (secondary N) is 2. The first-order valence-electron chi connectivity index (χ1n) is 11.7. The number of carbonyl (C=O) groups is 2. The third-order valence-electron chi connectivity index (χ3n) is 6.16. The lowest BCUT2D eigenvalue weighted by atomic mass is 9.91. The standard InChI is InChI=1S/C28H28N4O4/c1-17-12-24(21-8-5-9-22(14-21)28(35)36)27(34)25(13-17)31-32-26(16-33)18(2)29-30-23-11-10-19-6-3-4-7-20(19)15-23/h5,8-16,30-31,34H,3-4,6-7H2,1-2H3,(H,35,36)/b29-18-,32-26+. The Balaban J connectivity index is 1.55. The van der Waals surface area contributed by atoms with Crippen molar-refractivity contribution in [3.8, 4) is 16.9 Å². The lowest BCUT2D eigenvalue weighted by Gasteiger charge is -2.16. The molecule has 3 aromatic rings. The fourth-order valence-corrected chi connectivity index (χ4v) is 4.23. The van der Waals surface area contributed by atoms with Crippen LogP contribution in [0.4, 0.5) is 11.4 Å². The second kappa shape index (κ2) is 10.9. The number of hydrogen-bond acceptors (Lipinski definition) is 7. The molecule has 8 nitrogen and oxygen atoms in total. The summed E-state index contributed by atoms with van der Waals surface area (Å²) in [5.41, 5.74) is 11.9. The number of fused-ring (bicyclic) bond motifs is 1. The Labute approximate surface area is 209 Å². The first-order valence-corrected chi connectivity index (χ1v) is 11.7. The van der Waals surface area contributed by atoms with Gasteiger partial charge in [-0.05, 0) is 98.2 Å². The van der Waals surface area contributed by atoms with Crippen molar-refractivity contribution in [2.24, 2.45) is 10.2 Å². The molecule has 0 amide bonds. The monoisotopic (exact) mass is 484 g/mol. The van der Waals surface area contributed by atoms with E-state index in [1.165, 1.54) is 36.1 Å². The van der Waals surface area contributed by atoms with E-state index in [9.17, 15) is 19.8 Å². The Morgan fingerprint density at radius 3 is 2.50 bits per heavy atom. The van der Waals surface area contributed by atoms with Gasteiger partial charge >= 0.3 is 5.97 Å². The van der Waals surface area contributed by atoms with E-state index in [0.29, 0.717) is 23.1 Å². The predicted octanol–water partition coefficient (Wildman–Crippen LogP) is 5.40. The number of carboxylic acids is 1. The van der Waals surface area contributed by atoms with Crippen LogP contribution in [0.1, 0.15) is 46.8 Å². The highest BCUT2D eigenvalue weighted by molar-refractivity contribution is 6.61. The summed E-state index contributed by atoms with van der Waals surface area (Å²) in [5.74, 6) is -1.17. The maximum atomic E-state index is 11.7. The van der Waals surface area contributed by atoms with Gasteiger partial charge in [0.05, 0.1) is 22.6 Å². The number of benzene rings is 3. The Morgan fingerprint density at radius 1 is 0.972 bits per heavy atom. The maximum absolute atomic E-state index is 11.7. The molecule has 1 aliphatic carbocycles. The molecular formula is C28H28N4O4. The largest absolute Gasteiger partial charge is 0.505 e. The van der Waals surface area contributed by atoms with Gasteiger partial charge in [-0.1, -0.05) is 18.2 Å². The van der Waals surface area contributed by atoms with Crippen molar-refractivity contribution >= 4 is 35.1 Å². The number of phenols is 1. The summed E-state index contributed by atoms with van der Waals surface area (Å²) in [7, 11) is 0. The van der Waals surface area contributed by atoms with E-state index in [2.05, 4.69) is 33.2 Å². The van der Waals surface area contributed by atoms with Crippen molar-refractivity contribution in [3.63, 3.8) is 0 Å². The molecule has 4 N–H and O–H groups in total. The summed E-state index contributed by atoms with van der Waals surface area (Å²) in [5, 5.41) is 28.6. The van der Waals surface area contributed by atoms with Crippen LogP contribution in [0.3, 0.4) is 0 Å². The topological polar surface area (TPSA) is 123 Å². The van der Waals surface area contributed by atoms with Gasteiger partial charge in [-0.25, -0.2) is 4.79 Å². The number of nitrogens with zero attached hydrogens (tertiary/aromatic N) is 2. The van der Waals surface area contributed by atoms with Crippen LogP contribution in [0, 0.1) is 6.92 Å². The number of hydrazone groups is 2. The van der Waals surface area contributed by atoms with Gasteiger partial charge in [-0.15, -0.1) is 0 Å². The van der Waals surface area contributed by atoms with E-state index in [4.69, 9.17) is 0 Å². The van der Waals surface area contributed by atoms with Gasteiger partial charge in [0.2, 0.25) is 0 Å². The first kappa shape index (κ1) is 24.7. The zero-order chi connectivity index (χ0) is 25.7. The van der Waals surface area contributed by atoms with Crippen LogP contribution in [-0.4, -0.2) is 33.9 Å². The van der Waals surface area contributed by atoms with Crippen molar-refractivity contribution in [3.05, 3.63) is 76.9 Å². The summed E-state index contributed by atoms with van der Waals surface area (Å²) in [6, 6.07) is 15.9. The van der Waals surface area contributed by atoms with Crippen molar-refractivity contribution < 1.29 is 19.8 Å². The average molecular weight is 485 g/mol. The number of phenolic OH excluding ortho intramolecular Hbond substituents is 1. The highest BCUT2D eigenvalue weighted by Gasteiger charge is 2.14. The Bertz CT molecular complexity index is 1380. The zero-order valence-electron chi connectivity index (χ0n) is 20.2. The minimum atomic E-state index is -1.05. The van der Waals surface area contributed by atoms with E-state index in [0.717, 1.165) is 24.1 Å². The zero-order valence-corrected chi connectivity index (χ0v) is 20.2. The second-order valence-electron chi connectivity index (χ2n) is 8.82. The average Bonchev–Trinajstić information content (AvgIpc) is 2.89. The molecule has 0 unspecified atom stereocenters. The third-order valence-corrected chi connectivity index (χ3v) is 6.16. The van der Waals surface area contributed by atoms with E-state index in [1.807, 2.05) is 13.0 Å². The summed E-state index contributed by atoms with van der Waals surface area (Å²) in [6.45, 7) is 3.51. The Kier molecular flexibility index (Phi) is 7.44. The van der Waals surface area contributed by atoms with Crippen molar-refractivity contribution in [2.45, 2.75) is 39.5 Å². The highest BCUT2D eigenvalue weighted by atomic mass is 16.4. The van der Waals surface area contributed by atoms with E-state index < -0.39 is 5.97 Å². The summed E-state index contributed by atoms with van der Waals surface area (Å²) in [4.78, 5) is 23.1. The van der Waals surface area contributed by atoms with Crippen LogP contribution in [0.5, 0.6) is 5.75 Å². The molecule has 4 rings (SSSR count). The number of rotatable bonds is 8. The predicted molar refractivity (Wildman–Crippen MR) is 142 cm³/mol. The fourth-order valence-electron chi connectivity index (χ4n) is 4.23. The van der Waals surface area contributed by atoms with E-state index in [-0.39, 0.29) is 22.7 Å². The van der Waals surface area contributed by atoms with Crippen molar-refractivity contribution in [1.29, 1.82) is 0 Å². The molecule has 3 aromatic carbocycles. The molecule has 36 heavy (non-hydrogen) atoms. The number of hydrogen-bond donors (Lipinski definition) is 4. The minimum Gasteiger partial charge on any atom is -0.505 e. The first-order chi connectivity index (χ1) is 17.4. The summed E-state index contributed by atoms with van der Waals surface area (Å²) in [6.07, 6.45) is 5.15. The van der Waals surface area contributed by atoms with Gasteiger partial charge < -0.3 is 10.2 Å². The second-order valence-corrected chi connectivity index (χ2v) is 8.82. The normalized spacial score (nSPS) is 13.6. The van der Waals surface area contributed by atoms with Crippen LogP contribution < -0.4 is 10.9 Å². The van der Waals surface area contributed by atoms with Crippen LogP contribution in [0.2, 0.25) is 0 Å². The van der Waals surface area contributed by atoms with Crippen LogP contribution in [-0.2, 0) is 17.6 Å². The van der Waals surface area contributed by atoms with Gasteiger partial charge in [-0.3, -0.25) is 15.6 Å². The number of carboxylic acid groups (broad SMARTS) is 1. The minimum absolute atomic E-state index is 0.0655. The molecule has 0 fully saturated rings. The van der Waals surface area contributed by atoms with Gasteiger partial charge in [0.1, 0.15) is 11.5 Å². The molecule has 0 aliphatic heterocycles. The molecule has 0 atom stereocenters. The van der Waals surface area contributed by atoms with Crippen LogP contribution in [0.25, 0.3) is 11.1 Å². The highest BCUT2D eigenvalue weighted by Crippen LogP contribution is 2.37. The number of aromatic carboxylic acids is 1. The molecule has 0 radical (unpaired) electrons. The van der Waals surface area contributed by atoms with Gasteiger partial charge in [-0.2, -0.15) is 10.2 Å². The lowest BCUT2D eigenvalue weighted by molar-refractivity contribution is -0.102. The maximum Gasteiger partial charge on any atom is 0.335 e. The van der Waals surface area contributed by atoms with Gasteiger partial charge in [0, 0.05) is 5.56 Å². The number of carbonyl (C=O) groups excluding carboxylic acids is 1. The van der Waals surface area contributed by atoms with E-state index >= 15 is 0 Å². The number of aromatic hydroxyl groups is 1. The quantitative estimate of drug-likeness (QED) is 0.147. The lowest BCUT2D eigenvalue weighted by Crippen LogP contribution is -2.16. The molecule has 0 saturated heterocycles. The Morgan fingerprint density at radius 2 is 1.75 bits per heavy atom. The molecule has 0 saturated carbocycles. The van der Waals surface area contributed by atoms with Gasteiger partial charge in [0.15, 0.2) is 6.29 Å². The van der Waals surface area contributed by atoms with Crippen LogP contribution in [0.15, 0.2) is 64.8 Å². The number of aldehydes is 1. The molecule has 0 spiro atoms. The van der Waals surface area contributed by atoms with Gasteiger partial charge in [0.25, 0.3) is 0 Å². The fraction of sp³-hybridized carbons (Fsp3) is 0.214. The smallest absolute Gasteiger partial charge is 0.335 e. The molecule has 184 valence electrons. The summed E-state index contributed by atoms with van der Waals surface area (Å²) >= 11 is 0. The number of anilines is 2. The molecule has 0 heterocycles. The molecule has 8 heteroatoms. The summed E-state index contributed by atoms with van der Waals surface area (Å²) < 4.78 is 0. The molecule has 0 bridgehead atoms. The van der Waals surface area contributed by atoms with Crippen LogP contribution >= 0.6 is 0 Å². The van der Waals surface area contributed by atoms with Crippen molar-refractivity contribution in [1.82, 2.24) is 0 Å². The Hall–Kier alpha value is -4.46. The molecular weight excluding hydrogens is 456 g/mol. The number of aryl methyl sites for hydroxylation is 3. The molecule has 0 aromatic heterocycles.